The molecule has 2 saturated carbocycles. The van der Waals surface area contributed by atoms with Crippen molar-refractivity contribution < 1.29 is 37.1 Å². The molecule has 4 aliphatic rings. The summed E-state index contributed by atoms with van der Waals surface area (Å²) in [6.45, 7) is 10.4. The van der Waals surface area contributed by atoms with Gasteiger partial charge in [0.05, 0.1) is 17.8 Å². The van der Waals surface area contributed by atoms with Gasteiger partial charge in [0.2, 0.25) is 17.7 Å². The first-order valence-corrected chi connectivity index (χ1v) is 13.7. The number of rotatable bonds is 8. The summed E-state index contributed by atoms with van der Waals surface area (Å²) in [5, 5.41) is 17.2. The van der Waals surface area contributed by atoms with Crippen LogP contribution in [-0.2, 0) is 23.9 Å². The van der Waals surface area contributed by atoms with Crippen LogP contribution in [0.15, 0.2) is 0 Å². The minimum Gasteiger partial charge on any atom is -0.370 e. The van der Waals surface area contributed by atoms with Crippen molar-refractivity contribution in [1.82, 2.24) is 20.9 Å². The molecule has 3 N–H and O–H groups in total. The molecule has 2 aliphatic carbocycles. The standard InChI is InChI=1S/C27H38F3N5O5/c1-13(40-24(2,3)4)18(33-23(39)27(28,29)30)22(38)35-12-16-17(25(16,5)6)19(35)21(37)32-15(11-31)9-14-10-26(7-8-26)34-20(14)36/h13-19H,7-10,12H2,1-6H3,(H,32,37)(H,33,39)(H,34,36)/t13-,14+,15-,16-,17-,18-,19?/m0/s1. The molecule has 1 spiro atoms. The maximum atomic E-state index is 13.7. The van der Waals surface area contributed by atoms with E-state index in [-0.39, 0.29) is 41.7 Å². The fraction of sp³-hybridized carbons (Fsp3) is 0.815. The highest BCUT2D eigenvalue weighted by atomic mass is 19.4. The molecule has 1 unspecified atom stereocenters. The molecule has 13 heteroatoms. The third-order valence-corrected chi connectivity index (χ3v) is 8.82. The molecule has 0 aromatic heterocycles. The average Bonchev–Trinajstić information content (AvgIpc) is 3.53. The number of fused-ring (bicyclic) bond motifs is 1. The number of hydrogen-bond acceptors (Lipinski definition) is 6. The van der Waals surface area contributed by atoms with Crippen LogP contribution in [0.2, 0.25) is 0 Å². The zero-order valence-corrected chi connectivity index (χ0v) is 23.6. The fourth-order valence-electron chi connectivity index (χ4n) is 6.56. The Hall–Kier alpha value is -2.88. The first-order valence-electron chi connectivity index (χ1n) is 13.7. The van der Waals surface area contributed by atoms with Gasteiger partial charge in [-0.3, -0.25) is 19.2 Å². The van der Waals surface area contributed by atoms with E-state index in [4.69, 9.17) is 4.74 Å². The van der Waals surface area contributed by atoms with Crippen LogP contribution in [0.3, 0.4) is 0 Å². The van der Waals surface area contributed by atoms with Gasteiger partial charge in [0.1, 0.15) is 18.1 Å². The lowest BCUT2D eigenvalue weighted by atomic mass is 9.95. The number of alkyl halides is 3. The molecule has 0 bridgehead atoms. The van der Waals surface area contributed by atoms with Gasteiger partial charge in [-0.15, -0.1) is 0 Å². The van der Waals surface area contributed by atoms with Crippen LogP contribution in [0.25, 0.3) is 0 Å². The summed E-state index contributed by atoms with van der Waals surface area (Å²) in [6, 6.07) is -1.70. The lowest BCUT2D eigenvalue weighted by Gasteiger charge is -2.36. The van der Waals surface area contributed by atoms with Crippen LogP contribution in [0.1, 0.15) is 67.2 Å². The zero-order valence-electron chi connectivity index (χ0n) is 23.6. The molecule has 4 rings (SSSR count). The monoisotopic (exact) mass is 569 g/mol. The molecule has 10 nitrogen and oxygen atoms in total. The molecule has 0 aromatic carbocycles. The Labute approximate surface area is 231 Å². The fourth-order valence-corrected chi connectivity index (χ4v) is 6.56. The second kappa shape index (κ2) is 9.89. The molecule has 4 amide bonds. The van der Waals surface area contributed by atoms with Gasteiger partial charge in [0.25, 0.3) is 0 Å². The van der Waals surface area contributed by atoms with E-state index in [2.05, 4.69) is 10.6 Å². The highest BCUT2D eigenvalue weighted by Crippen LogP contribution is 2.65. The van der Waals surface area contributed by atoms with E-state index in [9.17, 15) is 37.6 Å². The summed E-state index contributed by atoms with van der Waals surface area (Å²) < 4.78 is 45.2. The Morgan fingerprint density at radius 2 is 1.82 bits per heavy atom. The Bertz CT molecular complexity index is 1120. The molecule has 2 saturated heterocycles. The second-order valence-electron chi connectivity index (χ2n) is 13.4. The lowest BCUT2D eigenvalue weighted by molar-refractivity contribution is -0.177. The van der Waals surface area contributed by atoms with Crippen molar-refractivity contribution in [1.29, 1.82) is 5.26 Å². The van der Waals surface area contributed by atoms with Gasteiger partial charge in [-0.05, 0) is 70.6 Å². The molecule has 2 aliphatic heterocycles. The maximum absolute atomic E-state index is 13.7. The second-order valence-corrected chi connectivity index (χ2v) is 13.4. The van der Waals surface area contributed by atoms with Crippen molar-refractivity contribution in [2.75, 3.05) is 6.54 Å². The predicted molar refractivity (Wildman–Crippen MR) is 135 cm³/mol. The van der Waals surface area contributed by atoms with Crippen molar-refractivity contribution in [2.24, 2.45) is 23.2 Å². The molecule has 4 fully saturated rings. The quantitative estimate of drug-likeness (QED) is 0.407. The first-order chi connectivity index (χ1) is 18.3. The number of ether oxygens (including phenoxy) is 1. The summed E-state index contributed by atoms with van der Waals surface area (Å²) in [4.78, 5) is 52.8. The minimum atomic E-state index is -5.22. The van der Waals surface area contributed by atoms with Crippen LogP contribution >= 0.6 is 0 Å². The third-order valence-electron chi connectivity index (χ3n) is 8.82. The number of likely N-dealkylation sites (tertiary alicyclic amines) is 1. The van der Waals surface area contributed by atoms with E-state index in [0.717, 1.165) is 12.8 Å². The molecule has 222 valence electrons. The largest absolute Gasteiger partial charge is 0.471 e. The number of nitriles is 1. The van der Waals surface area contributed by atoms with Gasteiger partial charge in [0, 0.05) is 18.0 Å². The molecule has 2 heterocycles. The Morgan fingerprint density at radius 1 is 1.20 bits per heavy atom. The molecule has 0 aromatic rings. The van der Waals surface area contributed by atoms with E-state index in [1.54, 1.807) is 26.1 Å². The average molecular weight is 570 g/mol. The summed E-state index contributed by atoms with van der Waals surface area (Å²) in [7, 11) is 0. The van der Waals surface area contributed by atoms with Gasteiger partial charge in [-0.25, -0.2) is 0 Å². The number of carbonyl (C=O) groups is 4. The number of hydrogen-bond donors (Lipinski definition) is 3. The molecule has 40 heavy (non-hydrogen) atoms. The molecule has 0 radical (unpaired) electrons. The summed E-state index contributed by atoms with van der Waals surface area (Å²) in [5.41, 5.74) is -1.32. The summed E-state index contributed by atoms with van der Waals surface area (Å²) >= 11 is 0. The van der Waals surface area contributed by atoms with Crippen molar-refractivity contribution in [3.05, 3.63) is 0 Å². The van der Waals surface area contributed by atoms with Crippen LogP contribution in [0, 0.1) is 34.5 Å². The Kier molecular flexibility index (Phi) is 7.44. The smallest absolute Gasteiger partial charge is 0.370 e. The van der Waals surface area contributed by atoms with E-state index < -0.39 is 59.6 Å². The minimum absolute atomic E-state index is 0.0825. The lowest BCUT2D eigenvalue weighted by Crippen LogP contribution is -2.61. The van der Waals surface area contributed by atoms with Crippen molar-refractivity contribution in [3.63, 3.8) is 0 Å². The number of piperidine rings is 1. The number of halogens is 3. The van der Waals surface area contributed by atoms with E-state index in [0.29, 0.717) is 6.42 Å². The zero-order chi connectivity index (χ0) is 30.0. The normalized spacial score (nSPS) is 30.0. The van der Waals surface area contributed by atoms with Gasteiger partial charge in [0.15, 0.2) is 0 Å². The molecule has 7 atom stereocenters. The maximum Gasteiger partial charge on any atom is 0.471 e. The van der Waals surface area contributed by atoms with Crippen LogP contribution in [0.4, 0.5) is 13.2 Å². The predicted octanol–water partition coefficient (Wildman–Crippen LogP) is 1.79. The van der Waals surface area contributed by atoms with Crippen molar-refractivity contribution in [2.45, 2.75) is 109 Å². The Morgan fingerprint density at radius 3 is 2.33 bits per heavy atom. The first kappa shape index (κ1) is 30.1. The van der Waals surface area contributed by atoms with Gasteiger partial charge >= 0.3 is 12.1 Å². The number of carbonyl (C=O) groups excluding carboxylic acids is 4. The van der Waals surface area contributed by atoms with Crippen LogP contribution in [-0.4, -0.2) is 76.6 Å². The van der Waals surface area contributed by atoms with Gasteiger partial charge in [-0.2, -0.15) is 18.4 Å². The molecular weight excluding hydrogens is 531 g/mol. The third kappa shape index (κ3) is 5.92. The van der Waals surface area contributed by atoms with E-state index in [1.165, 1.54) is 11.8 Å². The molecular formula is C27H38F3N5O5. The summed E-state index contributed by atoms with van der Waals surface area (Å²) in [6.07, 6.45) is -3.88. The topological polar surface area (TPSA) is 141 Å². The van der Waals surface area contributed by atoms with Crippen LogP contribution < -0.4 is 16.0 Å². The van der Waals surface area contributed by atoms with E-state index >= 15 is 0 Å². The van der Waals surface area contributed by atoms with Crippen LogP contribution in [0.5, 0.6) is 0 Å². The highest BCUT2D eigenvalue weighted by Gasteiger charge is 2.70. The van der Waals surface area contributed by atoms with Crippen molar-refractivity contribution in [3.8, 4) is 6.07 Å². The van der Waals surface area contributed by atoms with E-state index in [1.807, 2.05) is 19.9 Å². The number of nitrogens with zero attached hydrogens (tertiary/aromatic N) is 2. The summed E-state index contributed by atoms with van der Waals surface area (Å²) in [5.74, 6) is -4.69. The number of nitrogens with one attached hydrogen (secondary N) is 3. The SMILES string of the molecule is C[C@H](OC(C)(C)C)[C@H](NC(=O)C(F)(F)F)C(=O)N1C[C@H]2[C@@H](C1C(=O)N[C@H](C#N)C[C@@H]1CC3(CC3)NC1=O)C2(C)C. The van der Waals surface area contributed by atoms with Crippen molar-refractivity contribution >= 4 is 23.6 Å². The Balaban J connectivity index is 1.53. The van der Waals surface area contributed by atoms with Gasteiger partial charge in [-0.1, -0.05) is 13.8 Å². The van der Waals surface area contributed by atoms with Gasteiger partial charge < -0.3 is 25.6 Å². The number of amides is 4. The highest BCUT2D eigenvalue weighted by molar-refractivity contribution is 5.95.